The number of nitriles is 1. The fourth-order valence-electron chi connectivity index (χ4n) is 1.79. The van der Waals surface area contributed by atoms with E-state index < -0.39 is 10.8 Å². The van der Waals surface area contributed by atoms with Crippen LogP contribution in [0.4, 0.5) is 5.69 Å². The smallest absolute Gasteiger partial charge is 0.298 e. The number of rotatable bonds is 6. The van der Waals surface area contributed by atoms with Crippen molar-refractivity contribution in [3.63, 3.8) is 0 Å². The van der Waals surface area contributed by atoms with Gasteiger partial charge in [-0.05, 0) is 12.1 Å². The first-order valence-electron chi connectivity index (χ1n) is 6.12. The van der Waals surface area contributed by atoms with E-state index in [0.29, 0.717) is 5.69 Å². The topological polar surface area (TPSA) is 115 Å². The molecule has 0 aliphatic rings. The lowest BCUT2D eigenvalue weighted by molar-refractivity contribution is -0.385. The molecule has 2 aromatic rings. The first-order chi connectivity index (χ1) is 10.1. The highest BCUT2D eigenvalue weighted by atomic mass is 16.6. The molecule has 0 aliphatic carbocycles. The molecule has 2 heterocycles. The van der Waals surface area contributed by atoms with Gasteiger partial charge in [0.1, 0.15) is 18.3 Å². The van der Waals surface area contributed by atoms with E-state index >= 15 is 0 Å². The largest absolute Gasteiger partial charge is 0.306 e. The lowest BCUT2D eigenvalue weighted by atomic mass is 9.99. The number of ketones is 1. The van der Waals surface area contributed by atoms with Crippen molar-refractivity contribution in [1.82, 2.24) is 14.8 Å². The lowest BCUT2D eigenvalue weighted by Crippen LogP contribution is -2.15. The van der Waals surface area contributed by atoms with Crippen molar-refractivity contribution in [2.75, 3.05) is 0 Å². The van der Waals surface area contributed by atoms with Gasteiger partial charge in [0.15, 0.2) is 5.78 Å². The standard InChI is InChI=1S/C13H11N5O3/c14-7-11(12-3-1-2-5-15-12)13(19)4-6-17-9-10(8-16-17)18(20)21/h1-3,5,8-9,11H,4,6H2/t11-/m1/s1. The Kier molecular flexibility index (Phi) is 4.36. The Morgan fingerprint density at radius 2 is 2.33 bits per heavy atom. The summed E-state index contributed by atoms with van der Waals surface area (Å²) in [6.45, 7) is 0.178. The first-order valence-corrected chi connectivity index (χ1v) is 6.12. The zero-order valence-corrected chi connectivity index (χ0v) is 10.9. The Balaban J connectivity index is 2.00. The van der Waals surface area contributed by atoms with Crippen LogP contribution >= 0.6 is 0 Å². The molecule has 0 N–H and O–H groups in total. The van der Waals surface area contributed by atoms with Crippen molar-refractivity contribution in [3.05, 3.63) is 52.6 Å². The number of pyridine rings is 1. The molecule has 2 aromatic heterocycles. The molecule has 0 aromatic carbocycles. The van der Waals surface area contributed by atoms with Crippen LogP contribution < -0.4 is 0 Å². The molecule has 21 heavy (non-hydrogen) atoms. The Morgan fingerprint density at radius 1 is 1.52 bits per heavy atom. The third-order valence-corrected chi connectivity index (χ3v) is 2.85. The van der Waals surface area contributed by atoms with E-state index in [1.165, 1.54) is 17.1 Å². The molecule has 0 aliphatic heterocycles. The summed E-state index contributed by atoms with van der Waals surface area (Å²) in [6, 6.07) is 6.95. The number of hydrogen-bond acceptors (Lipinski definition) is 6. The van der Waals surface area contributed by atoms with Crippen LogP contribution in [0, 0.1) is 21.4 Å². The number of hydrogen-bond donors (Lipinski definition) is 0. The molecule has 8 nitrogen and oxygen atoms in total. The van der Waals surface area contributed by atoms with Crippen LogP contribution in [0.1, 0.15) is 18.0 Å². The predicted molar refractivity (Wildman–Crippen MR) is 71.1 cm³/mol. The molecule has 8 heteroatoms. The number of carbonyl (C=O) groups is 1. The lowest BCUT2D eigenvalue weighted by Gasteiger charge is -2.07. The number of carbonyl (C=O) groups excluding carboxylic acids is 1. The number of aromatic nitrogens is 3. The van der Waals surface area contributed by atoms with Crippen molar-refractivity contribution in [2.45, 2.75) is 18.9 Å². The van der Waals surface area contributed by atoms with Crippen molar-refractivity contribution in [3.8, 4) is 6.07 Å². The summed E-state index contributed by atoms with van der Waals surface area (Å²) in [5, 5.41) is 23.4. The van der Waals surface area contributed by atoms with Gasteiger partial charge in [-0.15, -0.1) is 0 Å². The van der Waals surface area contributed by atoms with E-state index in [9.17, 15) is 14.9 Å². The summed E-state index contributed by atoms with van der Waals surface area (Å²) in [5.74, 6) is -1.23. The fraction of sp³-hybridized carbons (Fsp3) is 0.231. The third kappa shape index (κ3) is 3.48. The summed E-state index contributed by atoms with van der Waals surface area (Å²) in [5.41, 5.74) is 0.264. The quantitative estimate of drug-likeness (QED) is 0.586. The fourth-order valence-corrected chi connectivity index (χ4v) is 1.79. The molecule has 0 amide bonds. The SMILES string of the molecule is N#C[C@@H](C(=O)CCn1cc([N+](=O)[O-])cn1)c1ccccn1. The minimum absolute atomic E-state index is 0.0492. The molecule has 0 saturated carbocycles. The van der Waals surface area contributed by atoms with E-state index in [1.807, 2.05) is 6.07 Å². The second-order valence-electron chi connectivity index (χ2n) is 4.25. The Labute approximate surface area is 119 Å². The van der Waals surface area contributed by atoms with Gasteiger partial charge in [0.05, 0.1) is 16.7 Å². The van der Waals surface area contributed by atoms with Crippen LogP contribution in [0.15, 0.2) is 36.8 Å². The molecule has 0 spiro atoms. The monoisotopic (exact) mass is 285 g/mol. The van der Waals surface area contributed by atoms with E-state index in [0.717, 1.165) is 6.20 Å². The van der Waals surface area contributed by atoms with Crippen LogP contribution in [0.2, 0.25) is 0 Å². The van der Waals surface area contributed by atoms with Crippen molar-refractivity contribution < 1.29 is 9.72 Å². The summed E-state index contributed by atoms with van der Waals surface area (Å²) in [7, 11) is 0. The van der Waals surface area contributed by atoms with Crippen molar-refractivity contribution in [1.29, 1.82) is 5.26 Å². The second kappa shape index (κ2) is 6.38. The maximum Gasteiger partial charge on any atom is 0.306 e. The summed E-state index contributed by atoms with van der Waals surface area (Å²) >= 11 is 0. The van der Waals surface area contributed by atoms with E-state index in [4.69, 9.17) is 5.26 Å². The maximum absolute atomic E-state index is 12.1. The molecule has 1 atom stereocenters. The highest BCUT2D eigenvalue weighted by molar-refractivity contribution is 5.87. The molecule has 0 fully saturated rings. The van der Waals surface area contributed by atoms with Gasteiger partial charge in [0, 0.05) is 19.2 Å². The second-order valence-corrected chi connectivity index (χ2v) is 4.25. The minimum Gasteiger partial charge on any atom is -0.298 e. The van der Waals surface area contributed by atoms with Crippen LogP contribution in [0.5, 0.6) is 0 Å². The zero-order chi connectivity index (χ0) is 15.2. The van der Waals surface area contributed by atoms with E-state index in [1.54, 1.807) is 18.2 Å². The summed E-state index contributed by atoms with van der Waals surface area (Å²) in [6.07, 6.45) is 3.93. The molecule has 0 saturated heterocycles. The predicted octanol–water partition coefficient (Wildman–Crippen LogP) is 1.45. The van der Waals surface area contributed by atoms with Gasteiger partial charge in [-0.3, -0.25) is 24.6 Å². The molecule has 106 valence electrons. The Morgan fingerprint density at radius 3 is 2.90 bits per heavy atom. The molecule has 0 bridgehead atoms. The maximum atomic E-state index is 12.1. The molecular formula is C13H11N5O3. The highest BCUT2D eigenvalue weighted by Crippen LogP contribution is 2.16. The third-order valence-electron chi connectivity index (χ3n) is 2.85. The molecule has 0 radical (unpaired) electrons. The minimum atomic E-state index is -0.934. The van der Waals surface area contributed by atoms with Crippen molar-refractivity contribution >= 4 is 11.5 Å². The van der Waals surface area contributed by atoms with Gasteiger partial charge >= 0.3 is 5.69 Å². The number of nitrogens with zero attached hydrogens (tertiary/aromatic N) is 5. The number of Topliss-reactive ketones (excluding diaryl/α,β-unsaturated/α-hetero) is 1. The summed E-state index contributed by atoms with van der Waals surface area (Å²) < 4.78 is 1.31. The van der Waals surface area contributed by atoms with Gasteiger partial charge in [-0.25, -0.2) is 0 Å². The zero-order valence-electron chi connectivity index (χ0n) is 10.9. The average molecular weight is 285 g/mol. The van der Waals surface area contributed by atoms with Crippen LogP contribution in [-0.4, -0.2) is 25.5 Å². The highest BCUT2D eigenvalue weighted by Gasteiger charge is 2.21. The van der Waals surface area contributed by atoms with Crippen LogP contribution in [0.3, 0.4) is 0 Å². The van der Waals surface area contributed by atoms with Gasteiger partial charge in [0.2, 0.25) is 0 Å². The van der Waals surface area contributed by atoms with Crippen LogP contribution in [0.25, 0.3) is 0 Å². The average Bonchev–Trinajstić information content (AvgIpc) is 2.96. The van der Waals surface area contributed by atoms with Gasteiger partial charge in [0.25, 0.3) is 0 Å². The Bertz CT molecular complexity index is 689. The van der Waals surface area contributed by atoms with Crippen molar-refractivity contribution in [2.24, 2.45) is 0 Å². The van der Waals surface area contributed by atoms with Gasteiger partial charge in [-0.1, -0.05) is 6.07 Å². The Hall–Kier alpha value is -3.08. The molecule has 0 unspecified atom stereocenters. The summed E-state index contributed by atoms with van der Waals surface area (Å²) in [4.78, 5) is 26.0. The first kappa shape index (κ1) is 14.3. The molecular weight excluding hydrogens is 274 g/mol. The van der Waals surface area contributed by atoms with E-state index in [-0.39, 0.29) is 24.4 Å². The molecule has 2 rings (SSSR count). The van der Waals surface area contributed by atoms with Crippen LogP contribution in [-0.2, 0) is 11.3 Å². The number of aryl methyl sites for hydroxylation is 1. The van der Waals surface area contributed by atoms with Gasteiger partial charge < -0.3 is 0 Å². The number of nitro groups is 1. The van der Waals surface area contributed by atoms with Gasteiger partial charge in [-0.2, -0.15) is 10.4 Å². The van der Waals surface area contributed by atoms with E-state index in [2.05, 4.69) is 10.1 Å². The normalized spacial score (nSPS) is 11.6.